The molecule has 1 heterocycles. The lowest BCUT2D eigenvalue weighted by Crippen LogP contribution is -2.25. The van der Waals surface area contributed by atoms with Crippen LogP contribution >= 0.6 is 0 Å². The maximum absolute atomic E-state index is 10.3. The Kier molecular flexibility index (Phi) is 4.37. The molecule has 3 nitrogen and oxygen atoms in total. The molecule has 1 aliphatic carbocycles. The number of imidazole rings is 1. The smallest absolute Gasteiger partial charge is 0.111 e. The minimum Gasteiger partial charge on any atom is -0.392 e. The standard InChI is InChI=1S/C14H22N2O/c1-2-9-16-10-8-15-14(16)11-13(17)12-6-4-3-5-7-12/h3-4,8,10,12-13,17H,2,5-7,9,11H2,1H3. The third kappa shape index (κ3) is 3.19. The Bertz CT molecular complexity index is 370. The Morgan fingerprint density at radius 1 is 1.53 bits per heavy atom. The first-order valence-electron chi connectivity index (χ1n) is 6.64. The molecule has 17 heavy (non-hydrogen) atoms. The van der Waals surface area contributed by atoms with E-state index in [2.05, 4.69) is 28.6 Å². The van der Waals surface area contributed by atoms with E-state index in [9.17, 15) is 5.11 Å². The predicted molar refractivity (Wildman–Crippen MR) is 68.7 cm³/mol. The highest BCUT2D eigenvalue weighted by Crippen LogP contribution is 2.23. The van der Waals surface area contributed by atoms with Crippen LogP contribution in [-0.4, -0.2) is 20.8 Å². The van der Waals surface area contributed by atoms with Crippen molar-refractivity contribution >= 4 is 0 Å². The molecule has 1 aliphatic rings. The van der Waals surface area contributed by atoms with Gasteiger partial charge in [0.05, 0.1) is 6.10 Å². The highest BCUT2D eigenvalue weighted by Gasteiger charge is 2.21. The number of rotatable bonds is 5. The van der Waals surface area contributed by atoms with Gasteiger partial charge in [-0.15, -0.1) is 0 Å². The van der Waals surface area contributed by atoms with Gasteiger partial charge in [0.1, 0.15) is 5.82 Å². The van der Waals surface area contributed by atoms with E-state index in [1.165, 1.54) is 0 Å². The summed E-state index contributed by atoms with van der Waals surface area (Å²) in [6, 6.07) is 0. The van der Waals surface area contributed by atoms with Gasteiger partial charge >= 0.3 is 0 Å². The van der Waals surface area contributed by atoms with E-state index in [1.54, 1.807) is 0 Å². The Morgan fingerprint density at radius 2 is 2.41 bits per heavy atom. The van der Waals surface area contributed by atoms with Crippen LogP contribution in [0.15, 0.2) is 24.5 Å². The van der Waals surface area contributed by atoms with Crippen LogP contribution in [0.2, 0.25) is 0 Å². The first kappa shape index (κ1) is 12.4. The monoisotopic (exact) mass is 234 g/mol. The third-order valence-corrected chi connectivity index (χ3v) is 3.51. The van der Waals surface area contributed by atoms with Crippen LogP contribution in [0.3, 0.4) is 0 Å². The molecule has 0 saturated carbocycles. The maximum Gasteiger partial charge on any atom is 0.111 e. The molecule has 2 rings (SSSR count). The molecule has 3 heteroatoms. The van der Waals surface area contributed by atoms with Gasteiger partial charge < -0.3 is 9.67 Å². The number of nitrogens with zero attached hydrogens (tertiary/aromatic N) is 2. The zero-order chi connectivity index (χ0) is 12.1. The molecular weight excluding hydrogens is 212 g/mol. The van der Waals surface area contributed by atoms with E-state index in [0.29, 0.717) is 12.3 Å². The number of aliphatic hydroxyl groups is 1. The molecule has 2 unspecified atom stereocenters. The average Bonchev–Trinajstić information content (AvgIpc) is 2.78. The quantitative estimate of drug-likeness (QED) is 0.795. The van der Waals surface area contributed by atoms with Crippen LogP contribution < -0.4 is 0 Å². The molecular formula is C14H22N2O. The van der Waals surface area contributed by atoms with E-state index in [0.717, 1.165) is 38.1 Å². The summed E-state index contributed by atoms with van der Waals surface area (Å²) in [5.74, 6) is 1.43. The van der Waals surface area contributed by atoms with Crippen LogP contribution in [0.5, 0.6) is 0 Å². The molecule has 0 amide bonds. The Balaban J connectivity index is 1.94. The Hall–Kier alpha value is -1.09. The molecule has 1 N–H and O–H groups in total. The van der Waals surface area contributed by atoms with E-state index in [4.69, 9.17) is 0 Å². The summed E-state index contributed by atoms with van der Waals surface area (Å²) < 4.78 is 2.15. The third-order valence-electron chi connectivity index (χ3n) is 3.51. The maximum atomic E-state index is 10.3. The second kappa shape index (κ2) is 6.01. The first-order chi connectivity index (χ1) is 8.31. The fourth-order valence-corrected chi connectivity index (χ4v) is 2.49. The van der Waals surface area contributed by atoms with Gasteiger partial charge in [-0.05, 0) is 31.6 Å². The SMILES string of the molecule is CCCn1ccnc1CC(O)C1CC=CCC1. The van der Waals surface area contributed by atoms with Crippen molar-refractivity contribution in [1.82, 2.24) is 9.55 Å². The van der Waals surface area contributed by atoms with Crippen molar-refractivity contribution in [3.05, 3.63) is 30.4 Å². The van der Waals surface area contributed by atoms with E-state index in [1.807, 2.05) is 12.4 Å². The summed E-state index contributed by atoms with van der Waals surface area (Å²) >= 11 is 0. The summed E-state index contributed by atoms with van der Waals surface area (Å²) in [5, 5.41) is 10.3. The molecule has 0 spiro atoms. The highest BCUT2D eigenvalue weighted by molar-refractivity contribution is 4.98. The zero-order valence-electron chi connectivity index (χ0n) is 10.5. The van der Waals surface area contributed by atoms with Crippen molar-refractivity contribution < 1.29 is 5.11 Å². The second-order valence-electron chi connectivity index (χ2n) is 4.85. The fourth-order valence-electron chi connectivity index (χ4n) is 2.49. The van der Waals surface area contributed by atoms with Gasteiger partial charge in [0, 0.05) is 25.4 Å². The molecule has 0 bridgehead atoms. The first-order valence-corrected chi connectivity index (χ1v) is 6.64. The molecule has 0 saturated heterocycles. The fraction of sp³-hybridized carbons (Fsp3) is 0.643. The van der Waals surface area contributed by atoms with E-state index >= 15 is 0 Å². The van der Waals surface area contributed by atoms with Crippen molar-refractivity contribution in [1.29, 1.82) is 0 Å². The summed E-state index contributed by atoms with van der Waals surface area (Å²) in [4.78, 5) is 4.35. The minimum atomic E-state index is -0.252. The number of aryl methyl sites for hydroxylation is 1. The molecule has 0 aliphatic heterocycles. The van der Waals surface area contributed by atoms with Gasteiger partial charge in [-0.25, -0.2) is 4.98 Å². The van der Waals surface area contributed by atoms with Crippen molar-refractivity contribution in [3.8, 4) is 0 Å². The van der Waals surface area contributed by atoms with Crippen molar-refractivity contribution in [2.45, 2.75) is 51.7 Å². The van der Waals surface area contributed by atoms with E-state index < -0.39 is 0 Å². The van der Waals surface area contributed by atoms with Gasteiger partial charge in [-0.1, -0.05) is 19.1 Å². The van der Waals surface area contributed by atoms with Gasteiger partial charge in [0.2, 0.25) is 0 Å². The molecule has 0 aromatic carbocycles. The number of allylic oxidation sites excluding steroid dienone is 2. The van der Waals surface area contributed by atoms with Crippen molar-refractivity contribution in [2.75, 3.05) is 0 Å². The van der Waals surface area contributed by atoms with Crippen LogP contribution in [0.4, 0.5) is 0 Å². The summed E-state index contributed by atoms with van der Waals surface area (Å²) in [7, 11) is 0. The van der Waals surface area contributed by atoms with Crippen LogP contribution in [-0.2, 0) is 13.0 Å². The van der Waals surface area contributed by atoms with Gasteiger partial charge in [0.25, 0.3) is 0 Å². The number of hydrogen-bond acceptors (Lipinski definition) is 2. The van der Waals surface area contributed by atoms with E-state index in [-0.39, 0.29) is 6.10 Å². The minimum absolute atomic E-state index is 0.252. The molecule has 94 valence electrons. The second-order valence-corrected chi connectivity index (χ2v) is 4.85. The Morgan fingerprint density at radius 3 is 3.12 bits per heavy atom. The summed E-state index contributed by atoms with van der Waals surface area (Å²) in [6.45, 7) is 3.15. The lowest BCUT2D eigenvalue weighted by molar-refractivity contribution is 0.0993. The van der Waals surface area contributed by atoms with Crippen molar-refractivity contribution in [2.24, 2.45) is 5.92 Å². The number of aromatic nitrogens is 2. The van der Waals surface area contributed by atoms with Crippen LogP contribution in [0.1, 0.15) is 38.4 Å². The Labute approximate surface area is 103 Å². The molecule has 1 aromatic rings. The molecule has 0 radical (unpaired) electrons. The lowest BCUT2D eigenvalue weighted by atomic mass is 9.88. The van der Waals surface area contributed by atoms with Crippen molar-refractivity contribution in [3.63, 3.8) is 0 Å². The topological polar surface area (TPSA) is 38.0 Å². The lowest BCUT2D eigenvalue weighted by Gasteiger charge is -2.23. The largest absolute Gasteiger partial charge is 0.392 e. The zero-order valence-corrected chi connectivity index (χ0v) is 10.5. The van der Waals surface area contributed by atoms with Gasteiger partial charge in [0.15, 0.2) is 0 Å². The van der Waals surface area contributed by atoms with Crippen LogP contribution in [0.25, 0.3) is 0 Å². The predicted octanol–water partition coefficient (Wildman–Crippen LogP) is 2.55. The molecule has 2 atom stereocenters. The molecule has 1 aromatic heterocycles. The van der Waals surface area contributed by atoms with Gasteiger partial charge in [-0.3, -0.25) is 0 Å². The number of aliphatic hydroxyl groups excluding tert-OH is 1. The van der Waals surface area contributed by atoms with Gasteiger partial charge in [-0.2, -0.15) is 0 Å². The molecule has 0 fully saturated rings. The summed E-state index contributed by atoms with van der Waals surface area (Å²) in [6.07, 6.45) is 13.0. The van der Waals surface area contributed by atoms with Crippen LogP contribution in [0, 0.1) is 5.92 Å². The summed E-state index contributed by atoms with van der Waals surface area (Å²) in [5.41, 5.74) is 0. The highest BCUT2D eigenvalue weighted by atomic mass is 16.3. The average molecular weight is 234 g/mol. The normalized spacial score (nSPS) is 21.6. The number of hydrogen-bond donors (Lipinski definition) is 1.